The quantitative estimate of drug-likeness (QED) is 0.204. The van der Waals surface area contributed by atoms with Crippen LogP contribution >= 0.6 is 0 Å². The highest BCUT2D eigenvalue weighted by molar-refractivity contribution is 6.89. The van der Waals surface area contributed by atoms with Crippen LogP contribution in [0.4, 0.5) is 0 Å². The van der Waals surface area contributed by atoms with Crippen LogP contribution < -0.4 is 10.4 Å². The van der Waals surface area contributed by atoms with Crippen LogP contribution in [0.2, 0.25) is 39.3 Å². The van der Waals surface area contributed by atoms with Crippen LogP contribution in [0.25, 0.3) is 23.3 Å². The minimum atomic E-state index is -1.40. The van der Waals surface area contributed by atoms with Crippen molar-refractivity contribution in [3.05, 3.63) is 129 Å². The van der Waals surface area contributed by atoms with Crippen LogP contribution in [-0.2, 0) is 0 Å². The van der Waals surface area contributed by atoms with Crippen molar-refractivity contribution < 1.29 is 0 Å². The Morgan fingerprint density at radius 1 is 0.421 bits per heavy atom. The van der Waals surface area contributed by atoms with Gasteiger partial charge < -0.3 is 0 Å². The molecule has 1 aliphatic rings. The smallest absolute Gasteiger partial charge is 0.0656 e. The molecule has 0 N–H and O–H groups in total. The lowest BCUT2D eigenvalue weighted by molar-refractivity contribution is 1.36. The van der Waals surface area contributed by atoms with Gasteiger partial charge in [0.1, 0.15) is 0 Å². The third kappa shape index (κ3) is 4.95. The molecule has 1 aliphatic carbocycles. The van der Waals surface area contributed by atoms with Crippen molar-refractivity contribution in [2.45, 2.75) is 53.1 Å². The topological polar surface area (TPSA) is 0 Å². The predicted molar refractivity (Wildman–Crippen MR) is 175 cm³/mol. The summed E-state index contributed by atoms with van der Waals surface area (Å²) in [5, 5.41) is 2.99. The monoisotopic (exact) mass is 528 g/mol. The van der Waals surface area contributed by atoms with E-state index in [9.17, 15) is 0 Å². The first-order valence-corrected chi connectivity index (χ1v) is 20.8. The Morgan fingerprint density at radius 2 is 0.763 bits per heavy atom. The van der Waals surface area contributed by atoms with E-state index in [4.69, 9.17) is 0 Å². The Hall–Kier alpha value is -3.21. The molecule has 38 heavy (non-hydrogen) atoms. The van der Waals surface area contributed by atoms with Gasteiger partial charge in [0.15, 0.2) is 0 Å². The lowest BCUT2D eigenvalue weighted by Gasteiger charge is -2.26. The molecule has 0 aliphatic heterocycles. The Labute approximate surface area is 231 Å². The van der Waals surface area contributed by atoms with E-state index in [2.05, 4.69) is 150 Å². The zero-order valence-electron chi connectivity index (χ0n) is 24.2. The maximum absolute atomic E-state index is 2.42. The van der Waals surface area contributed by atoms with Crippen molar-refractivity contribution >= 4 is 49.8 Å². The molecule has 0 bridgehead atoms. The van der Waals surface area contributed by atoms with Gasteiger partial charge in [-0.25, -0.2) is 0 Å². The van der Waals surface area contributed by atoms with E-state index in [1.165, 1.54) is 66.0 Å². The van der Waals surface area contributed by atoms with E-state index in [0.717, 1.165) is 0 Å². The molecule has 5 rings (SSSR count). The highest BCUT2D eigenvalue weighted by Crippen LogP contribution is 2.43. The van der Waals surface area contributed by atoms with Crippen LogP contribution in [0.5, 0.6) is 0 Å². The molecule has 192 valence electrons. The fourth-order valence-electron chi connectivity index (χ4n) is 5.62. The fraction of sp³-hybridized carbons (Fsp3) is 0.222. The van der Waals surface area contributed by atoms with Crippen LogP contribution in [0.15, 0.2) is 84.9 Å². The van der Waals surface area contributed by atoms with Crippen LogP contribution in [0, 0.1) is 13.8 Å². The summed E-state index contributed by atoms with van der Waals surface area (Å²) in [5.41, 5.74) is 13.1. The molecule has 0 radical (unpaired) electrons. The van der Waals surface area contributed by atoms with E-state index < -0.39 is 16.1 Å². The third-order valence-electron chi connectivity index (χ3n) is 7.88. The molecule has 0 saturated carbocycles. The summed E-state index contributed by atoms with van der Waals surface area (Å²) in [7, 11) is -2.80. The van der Waals surface area contributed by atoms with Gasteiger partial charge in [-0.3, -0.25) is 0 Å². The van der Waals surface area contributed by atoms with Crippen LogP contribution in [-0.4, -0.2) is 16.1 Å². The van der Waals surface area contributed by atoms with E-state index in [0.29, 0.717) is 0 Å². The van der Waals surface area contributed by atoms with E-state index in [1.54, 1.807) is 0 Å². The SMILES string of the molecule is Cc1cccc2c1/C(c1ccc([Si](C)(C)C)cc1)=C(/c1ccc([Si](C)(C)C)cc1)c1c(C)cccc1/C=C\2. The summed E-state index contributed by atoms with van der Waals surface area (Å²) in [6, 6.07) is 32.4. The Bertz CT molecular complexity index is 1430. The van der Waals surface area contributed by atoms with Gasteiger partial charge in [-0.1, -0.05) is 147 Å². The van der Waals surface area contributed by atoms with Gasteiger partial charge in [-0.15, -0.1) is 0 Å². The Morgan fingerprint density at radius 3 is 1.08 bits per heavy atom. The van der Waals surface area contributed by atoms with Crippen molar-refractivity contribution in [1.82, 2.24) is 0 Å². The highest BCUT2D eigenvalue weighted by Gasteiger charge is 2.25. The first-order chi connectivity index (χ1) is 17.9. The molecule has 0 aromatic heterocycles. The first-order valence-electron chi connectivity index (χ1n) is 13.8. The summed E-state index contributed by atoms with van der Waals surface area (Å²) < 4.78 is 0. The molecule has 0 spiro atoms. The molecule has 0 saturated heterocycles. The molecule has 4 aromatic rings. The predicted octanol–water partition coefficient (Wildman–Crippen LogP) is 8.89. The second-order valence-corrected chi connectivity index (χ2v) is 23.0. The van der Waals surface area contributed by atoms with Crippen molar-refractivity contribution in [1.29, 1.82) is 0 Å². The Balaban J connectivity index is 1.92. The van der Waals surface area contributed by atoms with Gasteiger partial charge in [-0.2, -0.15) is 0 Å². The molecular formula is C36H40Si2. The second kappa shape index (κ2) is 9.83. The summed E-state index contributed by atoms with van der Waals surface area (Å²) in [4.78, 5) is 0. The van der Waals surface area contributed by atoms with Crippen molar-refractivity contribution in [3.8, 4) is 0 Å². The van der Waals surface area contributed by atoms with E-state index >= 15 is 0 Å². The molecule has 0 heterocycles. The molecule has 0 nitrogen and oxygen atoms in total. The van der Waals surface area contributed by atoms with Gasteiger partial charge in [-0.05, 0) is 69.5 Å². The molecule has 0 unspecified atom stereocenters. The largest absolute Gasteiger partial charge is 0.0775 e. The van der Waals surface area contributed by atoms with Gasteiger partial charge in [0.2, 0.25) is 0 Å². The normalized spacial score (nSPS) is 16.3. The van der Waals surface area contributed by atoms with E-state index in [-0.39, 0.29) is 0 Å². The first kappa shape index (κ1) is 26.4. The lowest BCUT2D eigenvalue weighted by atomic mass is 9.78. The van der Waals surface area contributed by atoms with Gasteiger partial charge >= 0.3 is 0 Å². The van der Waals surface area contributed by atoms with Crippen molar-refractivity contribution in [2.75, 3.05) is 0 Å². The van der Waals surface area contributed by atoms with Crippen molar-refractivity contribution in [2.24, 2.45) is 0 Å². The summed E-state index contributed by atoms with van der Waals surface area (Å²) in [6.45, 7) is 19.1. The number of fused-ring (bicyclic) bond motifs is 2. The van der Waals surface area contributed by atoms with E-state index in [1.807, 2.05) is 0 Å². The minimum absolute atomic E-state index is 1.28. The minimum Gasteiger partial charge on any atom is -0.0656 e. The van der Waals surface area contributed by atoms with Crippen molar-refractivity contribution in [3.63, 3.8) is 0 Å². The Kier molecular flexibility index (Phi) is 6.83. The van der Waals surface area contributed by atoms with Gasteiger partial charge in [0, 0.05) is 0 Å². The second-order valence-electron chi connectivity index (χ2n) is 12.8. The zero-order chi connectivity index (χ0) is 27.2. The summed E-state index contributed by atoms with van der Waals surface area (Å²) >= 11 is 0. The third-order valence-corrected chi connectivity index (χ3v) is 12.0. The average molecular weight is 529 g/mol. The molecule has 0 amide bonds. The van der Waals surface area contributed by atoms with Crippen LogP contribution in [0.3, 0.4) is 0 Å². The number of hydrogen-bond acceptors (Lipinski definition) is 0. The summed E-state index contributed by atoms with van der Waals surface area (Å²) in [5.74, 6) is 0. The molecule has 2 heteroatoms. The number of rotatable bonds is 4. The number of hydrogen-bond donors (Lipinski definition) is 0. The van der Waals surface area contributed by atoms with Gasteiger partial charge in [0.05, 0.1) is 16.1 Å². The highest BCUT2D eigenvalue weighted by atomic mass is 28.3. The maximum atomic E-state index is 2.42. The molecular weight excluding hydrogens is 489 g/mol. The van der Waals surface area contributed by atoms with Crippen LogP contribution in [0.1, 0.15) is 44.5 Å². The number of benzene rings is 4. The summed E-state index contributed by atoms with van der Waals surface area (Å²) in [6.07, 6.45) is 4.62. The number of aryl methyl sites for hydroxylation is 2. The molecule has 0 fully saturated rings. The maximum Gasteiger partial charge on any atom is 0.0775 e. The molecule has 0 atom stereocenters. The standard InChI is InChI=1S/C36H40Si2/c1-25-11-9-13-27-15-16-28-14-10-12-26(2)34(28)36(30-19-23-32(24-20-30)38(6,7)8)35(33(25)27)29-17-21-31(22-18-29)37(3,4)5/h9-24H,1-8H3/b16-15-,27-15?,28-16?,35-33?,36-34?,36-35-. The van der Waals surface area contributed by atoms with Gasteiger partial charge in [0.25, 0.3) is 0 Å². The average Bonchev–Trinajstić information content (AvgIpc) is 2.85. The zero-order valence-corrected chi connectivity index (χ0v) is 26.2. The fourth-order valence-corrected chi connectivity index (χ4v) is 7.96. The molecule has 4 aromatic carbocycles. The lowest BCUT2D eigenvalue weighted by Crippen LogP contribution is -2.37.